The number of rotatable bonds is 5. The quantitative estimate of drug-likeness (QED) is 0.769. The largest absolute Gasteiger partial charge is 0.355 e. The number of hydrogen-bond acceptors (Lipinski definition) is 3. The van der Waals surface area contributed by atoms with Crippen molar-refractivity contribution in [1.82, 2.24) is 5.32 Å². The van der Waals surface area contributed by atoms with Gasteiger partial charge in [-0.15, -0.1) is 11.3 Å². The molecule has 2 heterocycles. The maximum Gasteiger partial charge on any atom is 0.279 e. The molecule has 0 aliphatic carbocycles. The third kappa shape index (κ3) is 3.83. The zero-order chi connectivity index (χ0) is 16.9. The summed E-state index contributed by atoms with van der Waals surface area (Å²) in [7, 11) is 1.60. The van der Waals surface area contributed by atoms with Crippen molar-refractivity contribution >= 4 is 28.8 Å². The Labute approximate surface area is 145 Å². The number of thiophene rings is 1. The van der Waals surface area contributed by atoms with Gasteiger partial charge in [-0.25, -0.2) is 0 Å². The summed E-state index contributed by atoms with van der Waals surface area (Å²) in [6.45, 7) is 1.51. The van der Waals surface area contributed by atoms with Gasteiger partial charge in [0.25, 0.3) is 11.8 Å². The predicted octanol–water partition coefficient (Wildman–Crippen LogP) is 1.47. The van der Waals surface area contributed by atoms with Gasteiger partial charge >= 0.3 is 0 Å². The molecular weight excluding hydrogens is 322 g/mol. The Morgan fingerprint density at radius 1 is 1.25 bits per heavy atom. The molecule has 1 aliphatic rings. The highest BCUT2D eigenvalue weighted by Crippen LogP contribution is 2.23. The second kappa shape index (κ2) is 7.59. The van der Waals surface area contributed by atoms with Crippen molar-refractivity contribution in [2.45, 2.75) is 18.9 Å². The van der Waals surface area contributed by atoms with Crippen LogP contribution in [-0.2, 0) is 4.79 Å². The van der Waals surface area contributed by atoms with E-state index < -0.39 is 0 Å². The minimum absolute atomic E-state index is 0.0150. The number of benzene rings is 1. The molecule has 0 saturated carbocycles. The molecule has 2 amide bonds. The lowest BCUT2D eigenvalue weighted by Crippen LogP contribution is -3.11. The lowest BCUT2D eigenvalue weighted by molar-refractivity contribution is -0.910. The Hall–Kier alpha value is -2.18. The van der Waals surface area contributed by atoms with Crippen LogP contribution in [0, 0.1) is 0 Å². The lowest BCUT2D eigenvalue weighted by Gasteiger charge is -2.20. The van der Waals surface area contributed by atoms with Gasteiger partial charge < -0.3 is 15.5 Å². The van der Waals surface area contributed by atoms with Gasteiger partial charge in [0.15, 0.2) is 6.54 Å². The number of hydrogen-bond donors (Lipinski definition) is 3. The van der Waals surface area contributed by atoms with Crippen LogP contribution in [0.15, 0.2) is 41.8 Å². The van der Waals surface area contributed by atoms with Crippen LogP contribution in [0.25, 0.3) is 0 Å². The molecule has 126 valence electrons. The van der Waals surface area contributed by atoms with Gasteiger partial charge in [0.05, 0.1) is 11.4 Å². The Morgan fingerprint density at radius 2 is 2.04 bits per heavy atom. The van der Waals surface area contributed by atoms with Gasteiger partial charge in [-0.3, -0.25) is 9.59 Å². The molecule has 0 spiro atoms. The average molecular weight is 344 g/mol. The number of quaternary nitrogens is 1. The standard InChI is InChI=1S/C18H21N3O2S/c1-19-18(23)13-6-8-14(9-7-13)20-17(22)12-21-10-2-4-15(21)16-5-3-11-24-16/h3,5-9,11,15H,2,4,10,12H2,1H3,(H,19,23)(H,20,22)/p+1/t15-/m1/s1. The van der Waals surface area contributed by atoms with Crippen molar-refractivity contribution < 1.29 is 14.5 Å². The van der Waals surface area contributed by atoms with Crippen molar-refractivity contribution in [2.75, 3.05) is 25.5 Å². The molecule has 5 nitrogen and oxygen atoms in total. The molecule has 0 bridgehead atoms. The maximum absolute atomic E-state index is 12.4. The molecule has 1 unspecified atom stereocenters. The van der Waals surface area contributed by atoms with Gasteiger partial charge in [-0.1, -0.05) is 6.07 Å². The Balaban J connectivity index is 1.58. The van der Waals surface area contributed by atoms with Crippen molar-refractivity contribution in [3.63, 3.8) is 0 Å². The summed E-state index contributed by atoms with van der Waals surface area (Å²) in [5, 5.41) is 7.61. The van der Waals surface area contributed by atoms with Gasteiger partial charge in [-0.2, -0.15) is 0 Å². The molecule has 2 atom stereocenters. The summed E-state index contributed by atoms with van der Waals surface area (Å²) >= 11 is 1.77. The third-order valence-electron chi connectivity index (χ3n) is 4.42. The molecule has 24 heavy (non-hydrogen) atoms. The molecule has 1 aliphatic heterocycles. The second-order valence-electron chi connectivity index (χ2n) is 6.00. The van der Waals surface area contributed by atoms with Gasteiger partial charge in [0, 0.05) is 31.1 Å². The second-order valence-corrected chi connectivity index (χ2v) is 6.98. The first kappa shape index (κ1) is 16.7. The van der Waals surface area contributed by atoms with E-state index in [1.54, 1.807) is 42.6 Å². The highest BCUT2D eigenvalue weighted by molar-refractivity contribution is 7.10. The maximum atomic E-state index is 12.4. The molecule has 1 aromatic carbocycles. The smallest absolute Gasteiger partial charge is 0.279 e. The molecule has 1 saturated heterocycles. The molecular formula is C18H22N3O2S+. The first-order valence-corrected chi connectivity index (χ1v) is 9.05. The van der Waals surface area contributed by atoms with Crippen LogP contribution < -0.4 is 15.5 Å². The van der Waals surface area contributed by atoms with E-state index in [2.05, 4.69) is 28.1 Å². The summed E-state index contributed by atoms with van der Waals surface area (Å²) in [4.78, 5) is 26.6. The molecule has 1 fully saturated rings. The molecule has 6 heteroatoms. The van der Waals surface area contributed by atoms with E-state index in [9.17, 15) is 9.59 Å². The van der Waals surface area contributed by atoms with Crippen LogP contribution in [0.4, 0.5) is 5.69 Å². The lowest BCUT2D eigenvalue weighted by atomic mass is 10.2. The summed E-state index contributed by atoms with van der Waals surface area (Å²) in [5.74, 6) is -0.116. The minimum Gasteiger partial charge on any atom is -0.355 e. The summed E-state index contributed by atoms with van der Waals surface area (Å²) < 4.78 is 0. The number of carbonyl (C=O) groups excluding carboxylic acids is 2. The zero-order valence-electron chi connectivity index (χ0n) is 13.7. The number of nitrogens with one attached hydrogen (secondary N) is 3. The van der Waals surface area contributed by atoms with Crippen LogP contribution >= 0.6 is 11.3 Å². The zero-order valence-corrected chi connectivity index (χ0v) is 14.5. The van der Waals surface area contributed by atoms with E-state index in [1.807, 2.05) is 0 Å². The third-order valence-corrected chi connectivity index (χ3v) is 5.40. The van der Waals surface area contributed by atoms with Crippen molar-refractivity contribution in [1.29, 1.82) is 0 Å². The topological polar surface area (TPSA) is 62.6 Å². The molecule has 1 aromatic heterocycles. The Kier molecular flexibility index (Phi) is 5.27. The summed E-state index contributed by atoms with van der Waals surface area (Å²) in [6.07, 6.45) is 2.30. The molecule has 3 rings (SSSR count). The Morgan fingerprint density at radius 3 is 2.71 bits per heavy atom. The fraction of sp³-hybridized carbons (Fsp3) is 0.333. The highest BCUT2D eigenvalue weighted by atomic mass is 32.1. The van der Waals surface area contributed by atoms with E-state index in [4.69, 9.17) is 0 Å². The number of amides is 2. The first-order valence-electron chi connectivity index (χ1n) is 8.17. The highest BCUT2D eigenvalue weighted by Gasteiger charge is 2.32. The van der Waals surface area contributed by atoms with E-state index in [0.717, 1.165) is 25.1 Å². The van der Waals surface area contributed by atoms with Gasteiger partial charge in [-0.05, 0) is 35.7 Å². The fourth-order valence-electron chi connectivity index (χ4n) is 3.22. The Bertz CT molecular complexity index is 698. The van der Waals surface area contributed by atoms with Gasteiger partial charge in [0.1, 0.15) is 6.04 Å². The van der Waals surface area contributed by atoms with E-state index in [-0.39, 0.29) is 11.8 Å². The van der Waals surface area contributed by atoms with Crippen LogP contribution in [-0.4, -0.2) is 32.0 Å². The van der Waals surface area contributed by atoms with E-state index in [1.165, 1.54) is 9.78 Å². The predicted molar refractivity (Wildman–Crippen MR) is 95.5 cm³/mol. The fourth-order valence-corrected chi connectivity index (χ4v) is 4.14. The monoisotopic (exact) mass is 344 g/mol. The van der Waals surface area contributed by atoms with Gasteiger partial charge in [0.2, 0.25) is 0 Å². The number of carbonyl (C=O) groups is 2. The average Bonchev–Trinajstić information content (AvgIpc) is 3.26. The summed E-state index contributed by atoms with van der Waals surface area (Å²) in [5.41, 5.74) is 1.30. The summed E-state index contributed by atoms with van der Waals surface area (Å²) in [6, 6.07) is 11.6. The van der Waals surface area contributed by atoms with Crippen LogP contribution in [0.1, 0.15) is 34.1 Å². The van der Waals surface area contributed by atoms with Crippen molar-refractivity contribution in [3.8, 4) is 0 Å². The SMILES string of the molecule is CNC(=O)c1ccc(NC(=O)C[NH+]2CCC[C@@H]2c2cccs2)cc1. The van der Waals surface area contributed by atoms with E-state index >= 15 is 0 Å². The van der Waals surface area contributed by atoms with Crippen LogP contribution in [0.5, 0.6) is 0 Å². The van der Waals surface area contributed by atoms with E-state index in [0.29, 0.717) is 18.2 Å². The normalized spacial score (nSPS) is 19.9. The van der Waals surface area contributed by atoms with Crippen molar-refractivity contribution in [3.05, 3.63) is 52.2 Å². The molecule has 2 aromatic rings. The number of likely N-dealkylation sites (tertiary alicyclic amines) is 1. The molecule has 3 N–H and O–H groups in total. The minimum atomic E-state index is -0.131. The van der Waals surface area contributed by atoms with Crippen LogP contribution in [0.3, 0.4) is 0 Å². The van der Waals surface area contributed by atoms with Crippen molar-refractivity contribution in [2.24, 2.45) is 0 Å². The molecule has 0 radical (unpaired) electrons. The first-order chi connectivity index (χ1) is 11.7. The number of anilines is 1. The van der Waals surface area contributed by atoms with Crippen LogP contribution in [0.2, 0.25) is 0 Å².